The average Bonchev–Trinajstić information content (AvgIpc) is 2.67. The van der Waals surface area contributed by atoms with E-state index in [9.17, 15) is 10.2 Å². The molecule has 0 saturated carbocycles. The maximum absolute atomic E-state index is 11.2. The molecular formula is C29H44O2. The Hall–Kier alpha value is -1.96. The second-order valence-electron chi connectivity index (χ2n) is 11.4. The Kier molecular flexibility index (Phi) is 7.56. The van der Waals surface area contributed by atoms with E-state index in [2.05, 4.69) is 93.5 Å². The van der Waals surface area contributed by atoms with E-state index in [1.54, 1.807) is 0 Å². The van der Waals surface area contributed by atoms with Gasteiger partial charge in [-0.05, 0) is 68.9 Å². The lowest BCUT2D eigenvalue weighted by molar-refractivity contribution is 0.447. The molecule has 0 saturated heterocycles. The Labute approximate surface area is 190 Å². The molecule has 2 nitrogen and oxygen atoms in total. The van der Waals surface area contributed by atoms with E-state index in [1.165, 1.54) is 11.1 Å². The summed E-state index contributed by atoms with van der Waals surface area (Å²) >= 11 is 0. The maximum atomic E-state index is 11.2. The van der Waals surface area contributed by atoms with E-state index in [0.717, 1.165) is 35.1 Å². The number of phenols is 2. The van der Waals surface area contributed by atoms with Crippen LogP contribution in [0.5, 0.6) is 11.5 Å². The number of aromatic hydroxyl groups is 2. The third kappa shape index (κ3) is 5.64. The Morgan fingerprint density at radius 3 is 1.23 bits per heavy atom. The Morgan fingerprint density at radius 2 is 0.968 bits per heavy atom. The van der Waals surface area contributed by atoms with Crippen LogP contribution in [0.1, 0.15) is 127 Å². The first-order chi connectivity index (χ1) is 14.2. The zero-order chi connectivity index (χ0) is 23.7. The van der Waals surface area contributed by atoms with Gasteiger partial charge in [-0.2, -0.15) is 0 Å². The molecule has 2 atom stereocenters. The zero-order valence-electron chi connectivity index (χ0n) is 21.5. The van der Waals surface area contributed by atoms with Crippen molar-refractivity contribution in [1.29, 1.82) is 0 Å². The molecular weight excluding hydrogens is 380 g/mol. The lowest BCUT2D eigenvalue weighted by atomic mass is 9.80. The van der Waals surface area contributed by atoms with Gasteiger partial charge in [-0.25, -0.2) is 0 Å². The predicted molar refractivity (Wildman–Crippen MR) is 134 cm³/mol. The van der Waals surface area contributed by atoms with Gasteiger partial charge in [-0.15, -0.1) is 0 Å². The molecule has 0 aromatic heterocycles. The Balaban J connectivity index is 2.72. The van der Waals surface area contributed by atoms with E-state index in [4.69, 9.17) is 0 Å². The molecule has 2 aromatic carbocycles. The summed E-state index contributed by atoms with van der Waals surface area (Å²) in [7, 11) is 0. The van der Waals surface area contributed by atoms with Crippen LogP contribution < -0.4 is 0 Å². The van der Waals surface area contributed by atoms with Crippen LogP contribution in [0.4, 0.5) is 0 Å². The lowest BCUT2D eigenvalue weighted by Gasteiger charge is -2.26. The molecule has 0 aliphatic carbocycles. The summed E-state index contributed by atoms with van der Waals surface area (Å²) in [5.74, 6) is 1.33. The van der Waals surface area contributed by atoms with Gasteiger partial charge >= 0.3 is 0 Å². The van der Waals surface area contributed by atoms with Gasteiger partial charge < -0.3 is 10.2 Å². The van der Waals surface area contributed by atoms with E-state index in [0.29, 0.717) is 17.9 Å². The molecule has 0 radical (unpaired) electrons. The normalized spacial score (nSPS) is 14.5. The van der Waals surface area contributed by atoms with Crippen molar-refractivity contribution >= 4 is 0 Å². The van der Waals surface area contributed by atoms with Crippen LogP contribution in [0.15, 0.2) is 24.3 Å². The molecule has 0 bridgehead atoms. The fourth-order valence-corrected chi connectivity index (χ4v) is 3.97. The van der Waals surface area contributed by atoms with Crippen LogP contribution in [0.3, 0.4) is 0 Å². The van der Waals surface area contributed by atoms with Gasteiger partial charge in [0.2, 0.25) is 0 Å². The number of hydrogen-bond donors (Lipinski definition) is 2. The van der Waals surface area contributed by atoms with Gasteiger partial charge in [0, 0.05) is 6.42 Å². The standard InChI is InChI=1S/C29H44O2/c1-11-18(3)24-16-22(28(5,6)7)14-20(26(24)30)13-21-15-23(29(8,9)10)17-25(27(21)31)19(4)12-2/h14-19,30-31H,11-13H2,1-10H3/t18-,19-/m1/s1. The van der Waals surface area contributed by atoms with Crippen LogP contribution in [0.25, 0.3) is 0 Å². The first kappa shape index (κ1) is 25.3. The summed E-state index contributed by atoms with van der Waals surface area (Å²) in [6.45, 7) is 21.9. The minimum absolute atomic E-state index is 0.0121. The highest BCUT2D eigenvalue weighted by atomic mass is 16.3. The van der Waals surface area contributed by atoms with Crippen molar-refractivity contribution in [3.8, 4) is 11.5 Å². The average molecular weight is 425 g/mol. The first-order valence-electron chi connectivity index (χ1n) is 11.9. The van der Waals surface area contributed by atoms with E-state index < -0.39 is 0 Å². The molecule has 0 heterocycles. The third-order valence-electron chi connectivity index (χ3n) is 6.84. The molecule has 172 valence electrons. The van der Waals surface area contributed by atoms with Crippen LogP contribution in [0, 0.1) is 0 Å². The van der Waals surface area contributed by atoms with Gasteiger partial charge in [0.25, 0.3) is 0 Å². The zero-order valence-corrected chi connectivity index (χ0v) is 21.5. The molecule has 2 aromatic rings. The fraction of sp³-hybridized carbons (Fsp3) is 0.586. The highest BCUT2D eigenvalue weighted by Gasteiger charge is 2.24. The SMILES string of the molecule is CC[C@@H](C)c1cc(C(C)(C)C)cc(Cc2cc(C(C)(C)C)cc([C@H](C)CC)c2O)c1O. The van der Waals surface area contributed by atoms with Crippen LogP contribution in [-0.2, 0) is 17.3 Å². The maximum Gasteiger partial charge on any atom is 0.122 e. The third-order valence-corrected chi connectivity index (χ3v) is 6.84. The number of rotatable bonds is 6. The number of phenolic OH excluding ortho intramolecular Hbond substituents is 2. The monoisotopic (exact) mass is 424 g/mol. The molecule has 2 heteroatoms. The Morgan fingerprint density at radius 1 is 0.645 bits per heavy atom. The number of benzene rings is 2. The van der Waals surface area contributed by atoms with Crippen LogP contribution in [-0.4, -0.2) is 10.2 Å². The topological polar surface area (TPSA) is 40.5 Å². The van der Waals surface area contributed by atoms with Gasteiger partial charge in [0.15, 0.2) is 0 Å². The molecule has 2 N–H and O–H groups in total. The van der Waals surface area contributed by atoms with Gasteiger partial charge in [0.1, 0.15) is 11.5 Å². The summed E-state index contributed by atoms with van der Waals surface area (Å²) in [6.07, 6.45) is 2.48. The molecule has 0 fully saturated rings. The van der Waals surface area contributed by atoms with Crippen LogP contribution >= 0.6 is 0 Å². The highest BCUT2D eigenvalue weighted by molar-refractivity contribution is 5.53. The van der Waals surface area contributed by atoms with E-state index >= 15 is 0 Å². The molecule has 31 heavy (non-hydrogen) atoms. The highest BCUT2D eigenvalue weighted by Crippen LogP contribution is 2.41. The molecule has 2 rings (SSSR count). The molecule has 0 aliphatic rings. The van der Waals surface area contributed by atoms with Crippen molar-refractivity contribution in [3.63, 3.8) is 0 Å². The van der Waals surface area contributed by atoms with Crippen molar-refractivity contribution in [3.05, 3.63) is 57.6 Å². The van der Waals surface area contributed by atoms with Crippen molar-refractivity contribution in [1.82, 2.24) is 0 Å². The van der Waals surface area contributed by atoms with Crippen molar-refractivity contribution < 1.29 is 10.2 Å². The smallest absolute Gasteiger partial charge is 0.122 e. The summed E-state index contributed by atoms with van der Waals surface area (Å²) in [6, 6.07) is 8.60. The number of hydrogen-bond acceptors (Lipinski definition) is 2. The van der Waals surface area contributed by atoms with E-state index in [-0.39, 0.29) is 22.7 Å². The van der Waals surface area contributed by atoms with Crippen LogP contribution in [0.2, 0.25) is 0 Å². The summed E-state index contributed by atoms with van der Waals surface area (Å²) < 4.78 is 0. The summed E-state index contributed by atoms with van der Waals surface area (Å²) in [5, 5.41) is 22.4. The molecule has 0 amide bonds. The van der Waals surface area contributed by atoms with E-state index in [1.807, 2.05) is 0 Å². The lowest BCUT2D eigenvalue weighted by Crippen LogP contribution is -2.14. The fourth-order valence-electron chi connectivity index (χ4n) is 3.97. The van der Waals surface area contributed by atoms with Crippen molar-refractivity contribution in [2.75, 3.05) is 0 Å². The second kappa shape index (κ2) is 9.27. The molecule has 0 spiro atoms. The first-order valence-corrected chi connectivity index (χ1v) is 11.9. The molecule has 0 aliphatic heterocycles. The van der Waals surface area contributed by atoms with Gasteiger partial charge in [0.05, 0.1) is 0 Å². The minimum atomic E-state index is -0.0121. The predicted octanol–water partition coefficient (Wildman–Crippen LogP) is 8.31. The summed E-state index contributed by atoms with van der Waals surface area (Å²) in [4.78, 5) is 0. The Bertz CT molecular complexity index is 834. The van der Waals surface area contributed by atoms with Crippen molar-refractivity contribution in [2.24, 2.45) is 0 Å². The minimum Gasteiger partial charge on any atom is -0.507 e. The van der Waals surface area contributed by atoms with Gasteiger partial charge in [-0.3, -0.25) is 0 Å². The van der Waals surface area contributed by atoms with Gasteiger partial charge in [-0.1, -0.05) is 93.5 Å². The van der Waals surface area contributed by atoms with Crippen molar-refractivity contribution in [2.45, 2.75) is 111 Å². The quantitative estimate of drug-likeness (QED) is 0.489. The molecule has 0 unspecified atom stereocenters. The largest absolute Gasteiger partial charge is 0.507 e. The summed E-state index contributed by atoms with van der Waals surface area (Å²) in [5.41, 5.74) is 6.26. The second-order valence-corrected chi connectivity index (χ2v) is 11.4.